The lowest BCUT2D eigenvalue weighted by Gasteiger charge is -2.25. The van der Waals surface area contributed by atoms with Crippen molar-refractivity contribution in [3.8, 4) is 0 Å². The maximum atomic E-state index is 9.60. The standard InChI is InChI=1S/C11H13BrO.C10H12O.CH2Br2/c12-6-13-10-4-3-9-7-1-2-8(5-7)11(9)10;11-9-4-3-8-6-1-2-7(5-6)10(8)9;2-1-3/h1-4,7-11H,5-6H2;1-4,6-11H,5H2;1H2/t7?,8?,9-,10+,11+;6?,7?,8-,9+,10+;/m00./s1. The summed E-state index contributed by atoms with van der Waals surface area (Å²) in [5, 5.41) is 9.60. The lowest BCUT2D eigenvalue weighted by atomic mass is 9.84. The summed E-state index contributed by atoms with van der Waals surface area (Å²) in [6, 6.07) is 0. The van der Waals surface area contributed by atoms with Crippen LogP contribution in [0.2, 0.25) is 0 Å². The molecule has 0 aromatic rings. The van der Waals surface area contributed by atoms with Gasteiger partial charge in [-0.2, -0.15) is 0 Å². The molecule has 5 heteroatoms. The highest BCUT2D eigenvalue weighted by atomic mass is 79.9. The number of rotatable bonds is 2. The summed E-state index contributed by atoms with van der Waals surface area (Å²) in [5.74, 6) is 5.74. The van der Waals surface area contributed by atoms with Crippen molar-refractivity contribution in [2.75, 3.05) is 9.76 Å². The van der Waals surface area contributed by atoms with Gasteiger partial charge in [0.1, 0.15) is 5.52 Å². The maximum absolute atomic E-state index is 9.60. The zero-order chi connectivity index (χ0) is 19.0. The van der Waals surface area contributed by atoms with Gasteiger partial charge in [0.25, 0.3) is 0 Å². The fourth-order valence-corrected chi connectivity index (χ4v) is 6.56. The molecular weight excluding hydrogens is 536 g/mol. The Labute approximate surface area is 187 Å². The van der Waals surface area contributed by atoms with E-state index in [-0.39, 0.29) is 6.10 Å². The number of aliphatic hydroxyl groups is 1. The second-order valence-corrected chi connectivity index (χ2v) is 11.4. The first-order chi connectivity index (χ1) is 13.2. The Hall–Kier alpha value is 0.320. The van der Waals surface area contributed by atoms with Crippen molar-refractivity contribution < 1.29 is 9.84 Å². The van der Waals surface area contributed by atoms with Crippen LogP contribution < -0.4 is 0 Å². The minimum atomic E-state index is -0.153. The number of hydrogen-bond acceptors (Lipinski definition) is 2. The molecule has 1 N–H and O–H groups in total. The third-order valence-corrected chi connectivity index (χ3v) is 7.51. The van der Waals surface area contributed by atoms with Crippen LogP contribution in [0.5, 0.6) is 0 Å². The highest BCUT2D eigenvalue weighted by Crippen LogP contribution is 2.54. The van der Waals surface area contributed by atoms with Crippen LogP contribution in [0.3, 0.4) is 0 Å². The van der Waals surface area contributed by atoms with Gasteiger partial charge < -0.3 is 9.84 Å². The monoisotopic (exact) mass is 560 g/mol. The zero-order valence-corrected chi connectivity index (χ0v) is 20.0. The Morgan fingerprint density at radius 1 is 0.704 bits per heavy atom. The van der Waals surface area contributed by atoms with Crippen molar-refractivity contribution in [1.82, 2.24) is 0 Å². The number of allylic oxidation sites excluding steroid dienone is 6. The first kappa shape index (κ1) is 20.6. The Bertz CT molecular complexity index is 643. The van der Waals surface area contributed by atoms with Crippen molar-refractivity contribution in [2.45, 2.75) is 25.0 Å². The van der Waals surface area contributed by atoms with Gasteiger partial charge in [-0.15, -0.1) is 0 Å². The molecule has 6 aliphatic carbocycles. The normalized spacial score (nSPS) is 48.3. The Morgan fingerprint density at radius 3 is 1.81 bits per heavy atom. The average molecular weight is 563 g/mol. The second kappa shape index (κ2) is 8.99. The molecule has 0 saturated heterocycles. The molecule has 2 nitrogen and oxygen atoms in total. The van der Waals surface area contributed by atoms with Gasteiger partial charge in [0.2, 0.25) is 0 Å². The van der Waals surface area contributed by atoms with E-state index in [9.17, 15) is 5.11 Å². The van der Waals surface area contributed by atoms with Gasteiger partial charge in [-0.1, -0.05) is 96.4 Å². The number of aliphatic hydroxyl groups excluding tert-OH is 1. The first-order valence-electron chi connectivity index (χ1n) is 9.88. The smallest absolute Gasteiger partial charge is 0.102 e. The minimum absolute atomic E-state index is 0.153. The van der Waals surface area contributed by atoms with Crippen LogP contribution in [-0.2, 0) is 4.74 Å². The predicted molar refractivity (Wildman–Crippen MR) is 121 cm³/mol. The first-order valence-corrected chi connectivity index (χ1v) is 13.2. The molecule has 6 aliphatic rings. The largest absolute Gasteiger partial charge is 0.389 e. The van der Waals surface area contributed by atoms with E-state index >= 15 is 0 Å². The number of halogens is 3. The topological polar surface area (TPSA) is 29.5 Å². The van der Waals surface area contributed by atoms with E-state index in [1.165, 1.54) is 12.8 Å². The van der Waals surface area contributed by atoms with Crippen LogP contribution in [0.1, 0.15) is 12.8 Å². The van der Waals surface area contributed by atoms with Crippen molar-refractivity contribution in [2.24, 2.45) is 47.3 Å². The van der Waals surface area contributed by atoms with Crippen molar-refractivity contribution in [3.63, 3.8) is 0 Å². The van der Waals surface area contributed by atoms with Crippen molar-refractivity contribution in [3.05, 3.63) is 48.6 Å². The molecule has 0 heterocycles. The SMILES string of the molecule is BrCBr.BrCO[C@@H]1C=C[C@H]2C3C=CC(C3)[C@@H]12.O[C@@H]1C=C[C@H]2C3C=CC(C3)[C@@H]12. The van der Waals surface area contributed by atoms with Crippen molar-refractivity contribution >= 4 is 47.8 Å². The van der Waals surface area contributed by atoms with E-state index in [0.29, 0.717) is 29.4 Å². The lowest BCUT2D eigenvalue weighted by Crippen LogP contribution is -2.26. The summed E-state index contributed by atoms with van der Waals surface area (Å²) < 4.78 is 6.54. The number of alkyl halides is 3. The van der Waals surface area contributed by atoms with Gasteiger partial charge >= 0.3 is 0 Å². The highest BCUT2D eigenvalue weighted by molar-refractivity contribution is 9.24. The van der Waals surface area contributed by atoms with E-state index < -0.39 is 0 Å². The number of ether oxygens (including phenoxy) is 1. The molecule has 10 atom stereocenters. The summed E-state index contributed by atoms with van der Waals surface area (Å²) in [6.45, 7) is 0. The molecule has 2 saturated carbocycles. The summed E-state index contributed by atoms with van der Waals surface area (Å²) in [5.41, 5.74) is 0.659. The van der Waals surface area contributed by atoms with Crippen LogP contribution in [0, 0.1) is 47.3 Å². The van der Waals surface area contributed by atoms with Gasteiger partial charge in [0.05, 0.1) is 16.4 Å². The molecule has 27 heavy (non-hydrogen) atoms. The average Bonchev–Trinajstić information content (AvgIpc) is 3.46. The van der Waals surface area contributed by atoms with E-state index in [4.69, 9.17) is 4.74 Å². The summed E-state index contributed by atoms with van der Waals surface area (Å²) in [6.07, 6.45) is 21.1. The van der Waals surface area contributed by atoms with Crippen LogP contribution in [0.15, 0.2) is 48.6 Å². The van der Waals surface area contributed by atoms with Crippen LogP contribution >= 0.6 is 47.8 Å². The molecule has 2 fully saturated rings. The van der Waals surface area contributed by atoms with Gasteiger partial charge in [-0.05, 0) is 48.3 Å². The Morgan fingerprint density at radius 2 is 1.22 bits per heavy atom. The molecule has 4 unspecified atom stereocenters. The van der Waals surface area contributed by atoms with Crippen LogP contribution in [0.25, 0.3) is 0 Å². The Kier molecular flexibility index (Phi) is 6.86. The van der Waals surface area contributed by atoms with E-state index in [2.05, 4.69) is 90.3 Å². The molecule has 0 spiro atoms. The second-order valence-electron chi connectivity index (χ2n) is 8.31. The van der Waals surface area contributed by atoms with Crippen LogP contribution in [-0.4, -0.2) is 27.1 Å². The summed E-state index contributed by atoms with van der Waals surface area (Å²) in [4.78, 5) is 0. The maximum Gasteiger partial charge on any atom is 0.102 e. The molecular formula is C22H27Br3O2. The minimum Gasteiger partial charge on any atom is -0.389 e. The summed E-state index contributed by atoms with van der Waals surface area (Å²) >= 11 is 9.46. The molecule has 0 aromatic carbocycles. The molecule has 148 valence electrons. The van der Waals surface area contributed by atoms with Gasteiger partial charge in [-0.25, -0.2) is 0 Å². The molecule has 0 aliphatic heterocycles. The van der Waals surface area contributed by atoms with Crippen molar-refractivity contribution in [1.29, 1.82) is 0 Å². The molecule has 0 aromatic heterocycles. The van der Waals surface area contributed by atoms with E-state index in [0.717, 1.165) is 33.8 Å². The fourth-order valence-electron chi connectivity index (χ4n) is 6.26. The zero-order valence-electron chi connectivity index (χ0n) is 15.2. The molecule has 6 rings (SSSR count). The van der Waals surface area contributed by atoms with Crippen LogP contribution in [0.4, 0.5) is 0 Å². The summed E-state index contributed by atoms with van der Waals surface area (Å²) in [7, 11) is 0. The van der Waals surface area contributed by atoms with Gasteiger partial charge in [0.15, 0.2) is 0 Å². The van der Waals surface area contributed by atoms with E-state index in [1.54, 1.807) is 0 Å². The molecule has 0 radical (unpaired) electrons. The van der Waals surface area contributed by atoms with Gasteiger partial charge in [-0.3, -0.25) is 0 Å². The lowest BCUT2D eigenvalue weighted by molar-refractivity contribution is 0.0684. The quantitative estimate of drug-likeness (QED) is 0.339. The number of fused-ring (bicyclic) bond motifs is 10. The molecule has 4 bridgehead atoms. The Balaban J connectivity index is 0.000000118. The third-order valence-electron chi connectivity index (χ3n) is 7.25. The predicted octanol–water partition coefficient (Wildman–Crippen LogP) is 5.82. The van der Waals surface area contributed by atoms with E-state index in [1.807, 2.05) is 6.08 Å². The van der Waals surface area contributed by atoms with Gasteiger partial charge in [0, 0.05) is 11.8 Å². The highest BCUT2D eigenvalue weighted by Gasteiger charge is 2.49. The molecule has 0 amide bonds. The number of hydrogen-bond donors (Lipinski definition) is 1. The fraction of sp³-hybridized carbons (Fsp3) is 0.636. The third kappa shape index (κ3) is 3.88.